The highest BCUT2D eigenvalue weighted by atomic mass is 19.4. The molecule has 3 heterocycles. The Hall–Kier alpha value is -1.25. The molecule has 2 aliphatic rings. The van der Waals surface area contributed by atoms with Crippen LogP contribution in [0, 0.1) is 0 Å². The van der Waals surface area contributed by atoms with E-state index in [1.54, 1.807) is 0 Å². The van der Waals surface area contributed by atoms with Crippen molar-refractivity contribution in [3.8, 4) is 0 Å². The van der Waals surface area contributed by atoms with Gasteiger partial charge in [-0.3, -0.25) is 4.90 Å². The summed E-state index contributed by atoms with van der Waals surface area (Å²) in [6.45, 7) is 2.03. The van der Waals surface area contributed by atoms with Crippen LogP contribution in [0.15, 0.2) is 6.20 Å². The van der Waals surface area contributed by atoms with Crippen molar-refractivity contribution in [1.82, 2.24) is 14.9 Å². The molecule has 1 aromatic heterocycles. The van der Waals surface area contributed by atoms with E-state index in [1.807, 2.05) is 0 Å². The molecule has 3 rings (SSSR count). The third-order valence-corrected chi connectivity index (χ3v) is 3.67. The van der Waals surface area contributed by atoms with Crippen LogP contribution in [0.2, 0.25) is 0 Å². The molecule has 2 N–H and O–H groups in total. The molecule has 110 valence electrons. The Morgan fingerprint density at radius 1 is 1.30 bits per heavy atom. The fraction of sp³-hybridized carbons (Fsp3) is 0.667. The van der Waals surface area contributed by atoms with Crippen LogP contribution >= 0.6 is 0 Å². The molecule has 0 aromatic carbocycles. The van der Waals surface area contributed by atoms with Crippen LogP contribution in [0.1, 0.15) is 23.5 Å². The number of alkyl halides is 3. The molecule has 0 radical (unpaired) electrons. The summed E-state index contributed by atoms with van der Waals surface area (Å²) >= 11 is 0. The van der Waals surface area contributed by atoms with E-state index in [4.69, 9.17) is 10.5 Å². The largest absolute Gasteiger partial charge is 0.451 e. The van der Waals surface area contributed by atoms with Gasteiger partial charge >= 0.3 is 6.18 Å². The molecule has 1 saturated heterocycles. The van der Waals surface area contributed by atoms with Crippen LogP contribution in [0.4, 0.5) is 13.2 Å². The molecule has 0 bridgehead atoms. The van der Waals surface area contributed by atoms with Crippen LogP contribution in [-0.4, -0.2) is 40.2 Å². The van der Waals surface area contributed by atoms with E-state index in [0.29, 0.717) is 32.0 Å². The van der Waals surface area contributed by atoms with Crippen molar-refractivity contribution in [1.29, 1.82) is 0 Å². The lowest BCUT2D eigenvalue weighted by molar-refractivity contribution is -0.145. The summed E-state index contributed by atoms with van der Waals surface area (Å²) in [7, 11) is 0. The molecule has 0 amide bonds. The monoisotopic (exact) mass is 288 g/mol. The van der Waals surface area contributed by atoms with Crippen molar-refractivity contribution in [2.24, 2.45) is 5.73 Å². The van der Waals surface area contributed by atoms with Gasteiger partial charge in [0, 0.05) is 36.9 Å². The van der Waals surface area contributed by atoms with E-state index in [9.17, 15) is 13.2 Å². The Kier molecular flexibility index (Phi) is 3.39. The van der Waals surface area contributed by atoms with Crippen LogP contribution in [0.25, 0.3) is 0 Å². The first kappa shape index (κ1) is 13.7. The topological polar surface area (TPSA) is 64.3 Å². The molecule has 0 aliphatic carbocycles. The minimum atomic E-state index is -4.50. The highest BCUT2D eigenvalue weighted by Gasteiger charge is 2.37. The summed E-state index contributed by atoms with van der Waals surface area (Å²) in [5.41, 5.74) is 7.05. The summed E-state index contributed by atoms with van der Waals surface area (Å²) in [6, 6.07) is 0.108. The van der Waals surface area contributed by atoms with E-state index in [0.717, 1.165) is 12.0 Å². The highest BCUT2D eigenvalue weighted by Crippen LogP contribution is 2.30. The number of hydrogen-bond donors (Lipinski definition) is 1. The van der Waals surface area contributed by atoms with Crippen molar-refractivity contribution >= 4 is 0 Å². The standard InChI is InChI=1S/C12H15F3N4O/c13-12(14,15)11-17-2-7-3-19(4-10(7)18-11)9-1-8(16)5-20-6-9/h2,8-9H,1,3-6,16H2. The zero-order chi connectivity index (χ0) is 14.3. The van der Waals surface area contributed by atoms with Gasteiger partial charge in [-0.15, -0.1) is 0 Å². The van der Waals surface area contributed by atoms with E-state index in [1.165, 1.54) is 6.20 Å². The first-order chi connectivity index (χ1) is 9.43. The van der Waals surface area contributed by atoms with Gasteiger partial charge in [-0.2, -0.15) is 13.2 Å². The summed E-state index contributed by atoms with van der Waals surface area (Å²) in [4.78, 5) is 9.09. The van der Waals surface area contributed by atoms with Gasteiger partial charge in [0.25, 0.3) is 0 Å². The summed E-state index contributed by atoms with van der Waals surface area (Å²) in [5.74, 6) is -1.07. The van der Waals surface area contributed by atoms with Crippen LogP contribution < -0.4 is 5.73 Å². The predicted molar refractivity (Wildman–Crippen MR) is 63.5 cm³/mol. The van der Waals surface area contributed by atoms with Gasteiger partial charge in [0.15, 0.2) is 0 Å². The minimum absolute atomic E-state index is 0.0192. The second-order valence-electron chi connectivity index (χ2n) is 5.26. The Labute approximate surface area is 113 Å². The van der Waals surface area contributed by atoms with Crippen molar-refractivity contribution in [2.45, 2.75) is 37.8 Å². The summed E-state index contributed by atoms with van der Waals surface area (Å²) < 4.78 is 43.2. The predicted octanol–water partition coefficient (Wildman–Crippen LogP) is 0.927. The Bertz CT molecular complexity index is 508. The zero-order valence-corrected chi connectivity index (χ0v) is 10.7. The molecule has 1 aromatic rings. The van der Waals surface area contributed by atoms with Gasteiger partial charge in [-0.05, 0) is 6.42 Å². The quantitative estimate of drug-likeness (QED) is 0.833. The highest BCUT2D eigenvalue weighted by molar-refractivity contribution is 5.23. The Morgan fingerprint density at radius 3 is 2.80 bits per heavy atom. The summed E-state index contributed by atoms with van der Waals surface area (Å²) in [5, 5.41) is 0. The Balaban J connectivity index is 1.75. The van der Waals surface area contributed by atoms with Crippen LogP contribution in [0.5, 0.6) is 0 Å². The maximum absolute atomic E-state index is 12.6. The second kappa shape index (κ2) is 4.94. The van der Waals surface area contributed by atoms with Gasteiger partial charge in [0.2, 0.25) is 5.82 Å². The van der Waals surface area contributed by atoms with E-state index < -0.39 is 12.0 Å². The van der Waals surface area contributed by atoms with Crippen molar-refractivity contribution < 1.29 is 17.9 Å². The third kappa shape index (κ3) is 2.63. The first-order valence-electron chi connectivity index (χ1n) is 6.43. The number of ether oxygens (including phenoxy) is 1. The Morgan fingerprint density at radius 2 is 2.10 bits per heavy atom. The van der Waals surface area contributed by atoms with Crippen molar-refractivity contribution in [3.05, 3.63) is 23.3 Å². The number of aromatic nitrogens is 2. The second-order valence-corrected chi connectivity index (χ2v) is 5.26. The minimum Gasteiger partial charge on any atom is -0.378 e. The number of fused-ring (bicyclic) bond motifs is 1. The molecule has 5 nitrogen and oxygen atoms in total. The van der Waals surface area contributed by atoms with Gasteiger partial charge in [-0.25, -0.2) is 9.97 Å². The lowest BCUT2D eigenvalue weighted by Gasteiger charge is -2.33. The van der Waals surface area contributed by atoms with E-state index in [-0.39, 0.29) is 12.1 Å². The van der Waals surface area contributed by atoms with Gasteiger partial charge < -0.3 is 10.5 Å². The number of nitrogens with two attached hydrogens (primary N) is 1. The van der Waals surface area contributed by atoms with E-state index >= 15 is 0 Å². The van der Waals surface area contributed by atoms with Gasteiger partial charge in [0.05, 0.1) is 18.9 Å². The lowest BCUT2D eigenvalue weighted by atomic mass is 10.1. The maximum atomic E-state index is 12.6. The third-order valence-electron chi connectivity index (χ3n) is 3.67. The molecule has 20 heavy (non-hydrogen) atoms. The number of nitrogens with zero attached hydrogens (tertiary/aromatic N) is 3. The zero-order valence-electron chi connectivity index (χ0n) is 10.7. The van der Waals surface area contributed by atoms with Crippen LogP contribution in [-0.2, 0) is 24.0 Å². The molecule has 8 heteroatoms. The van der Waals surface area contributed by atoms with Crippen molar-refractivity contribution in [2.75, 3.05) is 13.2 Å². The number of hydrogen-bond acceptors (Lipinski definition) is 5. The molecule has 1 fully saturated rings. The molecule has 0 saturated carbocycles. The first-order valence-corrected chi connectivity index (χ1v) is 6.43. The number of halogens is 3. The maximum Gasteiger partial charge on any atom is 0.451 e. The van der Waals surface area contributed by atoms with Gasteiger partial charge in [0.1, 0.15) is 0 Å². The number of rotatable bonds is 1. The van der Waals surface area contributed by atoms with E-state index in [2.05, 4.69) is 14.9 Å². The molecule has 2 atom stereocenters. The molecule has 2 unspecified atom stereocenters. The molecular weight excluding hydrogens is 273 g/mol. The normalized spacial score (nSPS) is 27.6. The molecule has 2 aliphatic heterocycles. The van der Waals surface area contributed by atoms with Crippen LogP contribution in [0.3, 0.4) is 0 Å². The average Bonchev–Trinajstić information content (AvgIpc) is 2.80. The van der Waals surface area contributed by atoms with Crippen molar-refractivity contribution in [3.63, 3.8) is 0 Å². The fourth-order valence-corrected chi connectivity index (χ4v) is 2.67. The van der Waals surface area contributed by atoms with Gasteiger partial charge in [-0.1, -0.05) is 0 Å². The summed E-state index contributed by atoms with van der Waals surface area (Å²) in [6.07, 6.45) is -2.44. The SMILES string of the molecule is NC1COCC(N2Cc3cnc(C(F)(F)F)nc3C2)C1. The fourth-order valence-electron chi connectivity index (χ4n) is 2.67. The lowest BCUT2D eigenvalue weighted by Crippen LogP contribution is -2.46. The average molecular weight is 288 g/mol. The molecule has 0 spiro atoms. The molecular formula is C12H15F3N4O. The smallest absolute Gasteiger partial charge is 0.378 e.